The van der Waals surface area contributed by atoms with Crippen molar-refractivity contribution in [2.45, 2.75) is 6.54 Å². The number of carbonyl (C=O) groups is 1. The Morgan fingerprint density at radius 3 is 2.94 bits per heavy atom. The van der Waals surface area contributed by atoms with E-state index in [1.165, 1.54) is 18.1 Å². The van der Waals surface area contributed by atoms with Crippen molar-refractivity contribution < 1.29 is 9.53 Å². The Bertz CT molecular complexity index is 536. The Kier molecular flexibility index (Phi) is 3.04. The van der Waals surface area contributed by atoms with Crippen molar-refractivity contribution in [2.75, 3.05) is 12.8 Å². The molecule has 0 atom stereocenters. The maximum atomic E-state index is 11.2. The molecule has 1 heterocycles. The first kappa shape index (κ1) is 11.1. The third-order valence-corrected chi connectivity index (χ3v) is 2.29. The molecule has 0 spiro atoms. The molecule has 2 aromatic rings. The zero-order chi connectivity index (χ0) is 12.3. The van der Waals surface area contributed by atoms with Gasteiger partial charge in [0.15, 0.2) is 0 Å². The minimum atomic E-state index is -0.551. The van der Waals surface area contributed by atoms with Crippen molar-refractivity contribution in [1.29, 1.82) is 0 Å². The summed E-state index contributed by atoms with van der Waals surface area (Å²) in [5.41, 5.74) is 7.42. The lowest BCUT2D eigenvalue weighted by molar-refractivity contribution is 0.0586. The average molecular weight is 232 g/mol. The van der Waals surface area contributed by atoms with Gasteiger partial charge in [-0.25, -0.2) is 14.5 Å². The highest BCUT2D eigenvalue weighted by molar-refractivity contribution is 5.84. The van der Waals surface area contributed by atoms with Gasteiger partial charge in [0.2, 0.25) is 0 Å². The van der Waals surface area contributed by atoms with Gasteiger partial charge in [-0.15, -0.1) is 5.10 Å². The van der Waals surface area contributed by atoms with Crippen LogP contribution in [-0.4, -0.2) is 27.8 Å². The third kappa shape index (κ3) is 2.41. The highest BCUT2D eigenvalue weighted by Crippen LogP contribution is 2.11. The van der Waals surface area contributed by atoms with Crippen molar-refractivity contribution in [3.63, 3.8) is 0 Å². The molecular weight excluding hydrogens is 220 g/mol. The molecule has 0 bridgehead atoms. The van der Waals surface area contributed by atoms with Gasteiger partial charge in [-0.1, -0.05) is 18.2 Å². The molecule has 6 nitrogen and oxygen atoms in total. The van der Waals surface area contributed by atoms with Crippen molar-refractivity contribution >= 4 is 11.7 Å². The molecule has 2 N–H and O–H groups in total. The van der Waals surface area contributed by atoms with E-state index in [0.717, 1.165) is 5.56 Å². The predicted octanol–water partition coefficient (Wildman–Crippen LogP) is 0.695. The highest BCUT2D eigenvalue weighted by atomic mass is 16.5. The lowest BCUT2D eigenvalue weighted by Crippen LogP contribution is -2.07. The van der Waals surface area contributed by atoms with Gasteiger partial charge < -0.3 is 10.5 Å². The minimum absolute atomic E-state index is 0.0435. The number of ether oxygens (including phenoxy) is 1. The summed E-state index contributed by atoms with van der Waals surface area (Å²) in [5, 5.41) is 3.99. The lowest BCUT2D eigenvalue weighted by atomic mass is 10.2. The van der Waals surface area contributed by atoms with Crippen LogP contribution in [0.25, 0.3) is 0 Å². The molecule has 0 fully saturated rings. The molecule has 1 aromatic heterocycles. The van der Waals surface area contributed by atoms with Gasteiger partial charge in [-0.2, -0.15) is 0 Å². The zero-order valence-electron chi connectivity index (χ0n) is 9.33. The Morgan fingerprint density at radius 1 is 1.47 bits per heavy atom. The molecule has 0 aliphatic rings. The topological polar surface area (TPSA) is 83.0 Å². The zero-order valence-corrected chi connectivity index (χ0v) is 9.33. The minimum Gasteiger partial charge on any atom is -0.463 e. The molecule has 1 aromatic carbocycles. The van der Waals surface area contributed by atoms with E-state index in [2.05, 4.69) is 14.8 Å². The number of esters is 1. The third-order valence-electron chi connectivity index (χ3n) is 2.29. The number of benzene rings is 1. The number of nitrogens with zero attached hydrogens (tertiary/aromatic N) is 3. The standard InChI is InChI=1S/C11H12N4O2/c1-17-11(16)10-13-7-15(14-10)6-8-4-2-3-5-9(8)12/h2-5,7H,6,12H2,1H3. The largest absolute Gasteiger partial charge is 0.463 e. The SMILES string of the molecule is COC(=O)c1ncn(Cc2ccccc2N)n1. The van der Waals surface area contributed by atoms with Crippen molar-refractivity contribution in [3.8, 4) is 0 Å². The molecule has 2 rings (SSSR count). The van der Waals surface area contributed by atoms with Crippen LogP contribution in [0.3, 0.4) is 0 Å². The molecule has 0 amide bonds. The second-order valence-electron chi connectivity index (χ2n) is 3.46. The summed E-state index contributed by atoms with van der Waals surface area (Å²) in [6, 6.07) is 7.46. The Balaban J connectivity index is 2.17. The summed E-state index contributed by atoms with van der Waals surface area (Å²) in [7, 11) is 1.29. The van der Waals surface area contributed by atoms with E-state index < -0.39 is 5.97 Å². The van der Waals surface area contributed by atoms with E-state index in [1.54, 1.807) is 0 Å². The van der Waals surface area contributed by atoms with Crippen LogP contribution in [0.1, 0.15) is 16.2 Å². The van der Waals surface area contributed by atoms with E-state index in [0.29, 0.717) is 12.2 Å². The molecule has 6 heteroatoms. The van der Waals surface area contributed by atoms with Crippen LogP contribution in [0.4, 0.5) is 5.69 Å². The summed E-state index contributed by atoms with van der Waals surface area (Å²) < 4.78 is 6.06. The molecule has 0 radical (unpaired) electrons. The Morgan fingerprint density at radius 2 is 2.24 bits per heavy atom. The number of nitrogens with two attached hydrogens (primary N) is 1. The maximum Gasteiger partial charge on any atom is 0.377 e. The number of hydrogen-bond donors (Lipinski definition) is 1. The van der Waals surface area contributed by atoms with Crippen molar-refractivity contribution in [2.24, 2.45) is 0 Å². The lowest BCUT2D eigenvalue weighted by Gasteiger charge is -2.04. The van der Waals surface area contributed by atoms with Crippen LogP contribution in [0.5, 0.6) is 0 Å². The van der Waals surface area contributed by atoms with Crippen molar-refractivity contribution in [1.82, 2.24) is 14.8 Å². The number of para-hydroxylation sites is 1. The van der Waals surface area contributed by atoms with Crippen LogP contribution >= 0.6 is 0 Å². The normalized spacial score (nSPS) is 10.2. The number of carbonyl (C=O) groups excluding carboxylic acids is 1. The van der Waals surface area contributed by atoms with E-state index in [4.69, 9.17) is 5.73 Å². The second-order valence-corrected chi connectivity index (χ2v) is 3.46. The molecule has 0 unspecified atom stereocenters. The fourth-order valence-corrected chi connectivity index (χ4v) is 1.41. The van der Waals surface area contributed by atoms with Gasteiger partial charge in [0.1, 0.15) is 6.33 Å². The summed E-state index contributed by atoms with van der Waals surface area (Å²) >= 11 is 0. The molecule has 17 heavy (non-hydrogen) atoms. The summed E-state index contributed by atoms with van der Waals surface area (Å²) in [6.45, 7) is 0.469. The van der Waals surface area contributed by atoms with Crippen LogP contribution in [-0.2, 0) is 11.3 Å². The first-order valence-corrected chi connectivity index (χ1v) is 5.02. The molecule has 0 saturated carbocycles. The van der Waals surface area contributed by atoms with Gasteiger partial charge >= 0.3 is 5.97 Å². The first-order chi connectivity index (χ1) is 8.20. The smallest absolute Gasteiger partial charge is 0.377 e. The number of methoxy groups -OCH3 is 1. The van der Waals surface area contributed by atoms with Gasteiger partial charge in [0, 0.05) is 5.69 Å². The molecule has 0 saturated heterocycles. The predicted molar refractivity (Wildman–Crippen MR) is 61.3 cm³/mol. The second kappa shape index (κ2) is 4.65. The van der Waals surface area contributed by atoms with Crippen LogP contribution in [0.15, 0.2) is 30.6 Å². The maximum absolute atomic E-state index is 11.2. The quantitative estimate of drug-likeness (QED) is 0.622. The number of aromatic nitrogens is 3. The summed E-state index contributed by atoms with van der Waals surface area (Å²) in [4.78, 5) is 15.0. The van der Waals surface area contributed by atoms with E-state index in [1.807, 2.05) is 24.3 Å². The van der Waals surface area contributed by atoms with Crippen LogP contribution in [0.2, 0.25) is 0 Å². The fourth-order valence-electron chi connectivity index (χ4n) is 1.41. The summed E-state index contributed by atoms with van der Waals surface area (Å²) in [6.07, 6.45) is 1.47. The number of nitrogen functional groups attached to an aromatic ring is 1. The first-order valence-electron chi connectivity index (χ1n) is 5.02. The van der Waals surface area contributed by atoms with Gasteiger partial charge in [0.05, 0.1) is 13.7 Å². The highest BCUT2D eigenvalue weighted by Gasteiger charge is 2.11. The number of anilines is 1. The van der Waals surface area contributed by atoms with E-state index >= 15 is 0 Å². The van der Waals surface area contributed by atoms with Crippen LogP contribution in [0, 0.1) is 0 Å². The van der Waals surface area contributed by atoms with Gasteiger partial charge in [-0.3, -0.25) is 0 Å². The number of rotatable bonds is 3. The monoisotopic (exact) mass is 232 g/mol. The molecule has 88 valence electrons. The van der Waals surface area contributed by atoms with Gasteiger partial charge in [0.25, 0.3) is 5.82 Å². The van der Waals surface area contributed by atoms with E-state index in [-0.39, 0.29) is 5.82 Å². The Hall–Kier alpha value is -2.37. The van der Waals surface area contributed by atoms with Crippen molar-refractivity contribution in [3.05, 3.63) is 42.0 Å². The summed E-state index contributed by atoms with van der Waals surface area (Å²) in [5.74, 6) is -0.508. The average Bonchev–Trinajstić information content (AvgIpc) is 2.80. The van der Waals surface area contributed by atoms with Crippen LogP contribution < -0.4 is 5.73 Å². The number of hydrogen-bond acceptors (Lipinski definition) is 5. The molecule has 0 aliphatic carbocycles. The van der Waals surface area contributed by atoms with E-state index in [9.17, 15) is 4.79 Å². The van der Waals surface area contributed by atoms with Gasteiger partial charge in [-0.05, 0) is 11.6 Å². The fraction of sp³-hybridized carbons (Fsp3) is 0.182. The Labute approximate surface area is 98.0 Å². The molecule has 0 aliphatic heterocycles. The molecular formula is C11H12N4O2.